The Hall–Kier alpha value is -2.47. The Morgan fingerprint density at radius 1 is 1.04 bits per heavy atom. The summed E-state index contributed by atoms with van der Waals surface area (Å²) in [6, 6.07) is 14.1. The van der Waals surface area contributed by atoms with Gasteiger partial charge in [-0.1, -0.05) is 36.0 Å². The quantitative estimate of drug-likeness (QED) is 0.414. The lowest BCUT2D eigenvalue weighted by Crippen LogP contribution is -2.04. The Morgan fingerprint density at radius 3 is 2.63 bits per heavy atom. The number of hydrogen-bond donors (Lipinski definition) is 0. The zero-order valence-electron chi connectivity index (χ0n) is 16.2. The molecule has 142 valence electrons. The topological polar surface area (TPSA) is 49.2 Å². The number of aromatic nitrogens is 3. The monoisotopic (exact) mass is 383 g/mol. The van der Waals surface area contributed by atoms with Crippen molar-refractivity contribution in [1.82, 2.24) is 14.8 Å². The van der Waals surface area contributed by atoms with Gasteiger partial charge in [0.1, 0.15) is 11.5 Å². The Labute approximate surface area is 164 Å². The normalized spacial score (nSPS) is 10.8. The lowest BCUT2D eigenvalue weighted by atomic mass is 10.1. The van der Waals surface area contributed by atoms with Crippen molar-refractivity contribution in [3.8, 4) is 22.9 Å². The molecule has 3 rings (SSSR count). The van der Waals surface area contributed by atoms with E-state index < -0.39 is 0 Å². The fourth-order valence-electron chi connectivity index (χ4n) is 2.86. The molecule has 0 aliphatic heterocycles. The summed E-state index contributed by atoms with van der Waals surface area (Å²) in [5.41, 5.74) is 3.31. The first-order chi connectivity index (χ1) is 13.1. The van der Waals surface area contributed by atoms with Gasteiger partial charge in [0.05, 0.1) is 19.3 Å². The molecule has 27 heavy (non-hydrogen) atoms. The van der Waals surface area contributed by atoms with E-state index in [1.165, 1.54) is 5.56 Å². The van der Waals surface area contributed by atoms with E-state index in [9.17, 15) is 0 Å². The first-order valence-electron chi connectivity index (χ1n) is 9.03. The van der Waals surface area contributed by atoms with E-state index in [0.717, 1.165) is 45.9 Å². The van der Waals surface area contributed by atoms with Gasteiger partial charge in [0.25, 0.3) is 0 Å². The van der Waals surface area contributed by atoms with Crippen LogP contribution in [-0.4, -0.2) is 34.2 Å². The van der Waals surface area contributed by atoms with Crippen LogP contribution in [-0.2, 0) is 6.54 Å². The molecule has 3 aromatic rings. The van der Waals surface area contributed by atoms with E-state index in [4.69, 9.17) is 9.47 Å². The summed E-state index contributed by atoms with van der Waals surface area (Å²) < 4.78 is 13.5. The van der Waals surface area contributed by atoms with Crippen molar-refractivity contribution in [2.45, 2.75) is 32.5 Å². The molecule has 0 saturated carbocycles. The van der Waals surface area contributed by atoms with Crippen LogP contribution in [0, 0.1) is 13.8 Å². The van der Waals surface area contributed by atoms with E-state index in [0.29, 0.717) is 6.61 Å². The Bertz CT molecular complexity index is 908. The highest BCUT2D eigenvalue weighted by atomic mass is 32.2. The molecule has 0 radical (unpaired) electrons. The van der Waals surface area contributed by atoms with Crippen molar-refractivity contribution in [2.24, 2.45) is 0 Å². The van der Waals surface area contributed by atoms with Crippen molar-refractivity contribution < 1.29 is 9.47 Å². The first-order valence-corrected chi connectivity index (χ1v) is 10.0. The van der Waals surface area contributed by atoms with Crippen LogP contribution in [0.4, 0.5) is 0 Å². The molecule has 6 heteroatoms. The van der Waals surface area contributed by atoms with Gasteiger partial charge in [-0.15, -0.1) is 10.2 Å². The van der Waals surface area contributed by atoms with E-state index in [1.807, 2.05) is 24.3 Å². The number of aryl methyl sites for hydroxylation is 2. The van der Waals surface area contributed by atoms with Crippen molar-refractivity contribution in [2.75, 3.05) is 19.5 Å². The van der Waals surface area contributed by atoms with E-state index in [-0.39, 0.29) is 0 Å². The van der Waals surface area contributed by atoms with Crippen LogP contribution in [0.15, 0.2) is 47.6 Å². The lowest BCUT2D eigenvalue weighted by Gasteiger charge is -2.11. The van der Waals surface area contributed by atoms with Gasteiger partial charge in [-0.05, 0) is 50.1 Å². The van der Waals surface area contributed by atoms with Gasteiger partial charge >= 0.3 is 0 Å². The molecule has 0 unspecified atom stereocenters. The first kappa shape index (κ1) is 19.3. The minimum atomic E-state index is 0.621. The maximum Gasteiger partial charge on any atom is 0.191 e. The summed E-state index contributed by atoms with van der Waals surface area (Å²) in [5.74, 6) is 3.38. The molecule has 1 aromatic heterocycles. The number of hydrogen-bond acceptors (Lipinski definition) is 5. The van der Waals surface area contributed by atoms with Crippen LogP contribution < -0.4 is 9.47 Å². The number of nitrogens with zero attached hydrogens (tertiary/aromatic N) is 3. The maximum absolute atomic E-state index is 5.94. The van der Waals surface area contributed by atoms with Gasteiger partial charge < -0.3 is 14.0 Å². The second-order valence-corrected chi connectivity index (χ2v) is 7.28. The molecule has 0 saturated heterocycles. The Kier molecular flexibility index (Phi) is 6.40. The predicted molar refractivity (Wildman–Crippen MR) is 110 cm³/mol. The predicted octanol–water partition coefficient (Wildman–Crippen LogP) is 4.76. The summed E-state index contributed by atoms with van der Waals surface area (Å²) in [7, 11) is 1.67. The summed E-state index contributed by atoms with van der Waals surface area (Å²) in [5, 5.41) is 9.67. The van der Waals surface area contributed by atoms with Gasteiger partial charge in [-0.3, -0.25) is 0 Å². The van der Waals surface area contributed by atoms with E-state index in [2.05, 4.69) is 53.7 Å². The van der Waals surface area contributed by atoms with Gasteiger partial charge in [0, 0.05) is 12.3 Å². The van der Waals surface area contributed by atoms with Crippen LogP contribution in [0.3, 0.4) is 0 Å². The highest BCUT2D eigenvalue weighted by Gasteiger charge is 2.16. The molecular weight excluding hydrogens is 358 g/mol. The number of rotatable bonds is 8. The van der Waals surface area contributed by atoms with Crippen LogP contribution in [0.1, 0.15) is 18.1 Å². The van der Waals surface area contributed by atoms with Gasteiger partial charge in [-0.2, -0.15) is 0 Å². The van der Waals surface area contributed by atoms with Crippen molar-refractivity contribution in [3.63, 3.8) is 0 Å². The molecule has 0 aliphatic carbocycles. The number of benzene rings is 2. The molecule has 0 N–H and O–H groups in total. The average Bonchev–Trinajstić information content (AvgIpc) is 3.10. The molecule has 0 fully saturated rings. The number of thioether (sulfide) groups is 1. The van der Waals surface area contributed by atoms with Crippen LogP contribution in [0.25, 0.3) is 11.4 Å². The standard InChI is InChI=1S/C21H25N3O2S/c1-5-24-20(17-8-6-7-9-18(17)25-4)22-23-21(24)27-13-12-26-19-14-15(2)10-11-16(19)3/h6-11,14H,5,12-13H2,1-4H3. The fourth-order valence-corrected chi connectivity index (χ4v) is 3.68. The zero-order valence-corrected chi connectivity index (χ0v) is 17.0. The summed E-state index contributed by atoms with van der Waals surface area (Å²) >= 11 is 1.65. The third-order valence-corrected chi connectivity index (χ3v) is 5.23. The lowest BCUT2D eigenvalue weighted by molar-refractivity contribution is 0.341. The van der Waals surface area contributed by atoms with Crippen LogP contribution >= 0.6 is 11.8 Å². The largest absolute Gasteiger partial charge is 0.496 e. The summed E-state index contributed by atoms with van der Waals surface area (Å²) in [4.78, 5) is 0. The number of ether oxygens (including phenoxy) is 2. The molecule has 0 amide bonds. The van der Waals surface area contributed by atoms with Crippen molar-refractivity contribution in [3.05, 3.63) is 53.6 Å². The Morgan fingerprint density at radius 2 is 1.85 bits per heavy atom. The summed E-state index contributed by atoms with van der Waals surface area (Å²) in [6.07, 6.45) is 0. The average molecular weight is 384 g/mol. The molecule has 0 bridgehead atoms. The molecular formula is C21H25N3O2S. The van der Waals surface area contributed by atoms with Crippen molar-refractivity contribution in [1.29, 1.82) is 0 Å². The van der Waals surface area contributed by atoms with Gasteiger partial charge in [0.2, 0.25) is 0 Å². The molecule has 5 nitrogen and oxygen atoms in total. The minimum absolute atomic E-state index is 0.621. The maximum atomic E-state index is 5.94. The molecule has 2 aromatic carbocycles. The highest BCUT2D eigenvalue weighted by molar-refractivity contribution is 7.99. The second kappa shape index (κ2) is 8.95. The van der Waals surface area contributed by atoms with E-state index >= 15 is 0 Å². The summed E-state index contributed by atoms with van der Waals surface area (Å²) in [6.45, 7) is 7.65. The third kappa shape index (κ3) is 4.45. The number of methoxy groups -OCH3 is 1. The van der Waals surface area contributed by atoms with E-state index in [1.54, 1.807) is 18.9 Å². The van der Waals surface area contributed by atoms with Crippen LogP contribution in [0.5, 0.6) is 11.5 Å². The SMILES string of the molecule is CCn1c(SCCOc2cc(C)ccc2C)nnc1-c1ccccc1OC. The van der Waals surface area contributed by atoms with Crippen molar-refractivity contribution >= 4 is 11.8 Å². The fraction of sp³-hybridized carbons (Fsp3) is 0.333. The third-order valence-electron chi connectivity index (χ3n) is 4.30. The second-order valence-electron chi connectivity index (χ2n) is 6.22. The molecule has 1 heterocycles. The zero-order chi connectivity index (χ0) is 19.2. The molecule has 0 spiro atoms. The van der Waals surface area contributed by atoms with Gasteiger partial charge in [0.15, 0.2) is 11.0 Å². The minimum Gasteiger partial charge on any atom is -0.496 e. The smallest absolute Gasteiger partial charge is 0.191 e. The van der Waals surface area contributed by atoms with Crippen LogP contribution in [0.2, 0.25) is 0 Å². The Balaban J connectivity index is 1.68. The highest BCUT2D eigenvalue weighted by Crippen LogP contribution is 2.30. The molecule has 0 aliphatic rings. The number of para-hydroxylation sites is 1. The molecule has 0 atom stereocenters. The van der Waals surface area contributed by atoms with Gasteiger partial charge in [-0.25, -0.2) is 0 Å².